The Bertz CT molecular complexity index is 345. The van der Waals surface area contributed by atoms with Crippen LogP contribution in [0.2, 0.25) is 0 Å². The van der Waals surface area contributed by atoms with Crippen molar-refractivity contribution in [3.63, 3.8) is 0 Å². The van der Waals surface area contributed by atoms with Crippen LogP contribution in [0.4, 0.5) is 0 Å². The first-order valence-corrected chi connectivity index (χ1v) is 7.16. The van der Waals surface area contributed by atoms with Crippen LogP contribution in [0.3, 0.4) is 0 Å². The molecule has 1 aliphatic rings. The van der Waals surface area contributed by atoms with Gasteiger partial charge in [0.15, 0.2) is 0 Å². The van der Waals surface area contributed by atoms with E-state index in [1.165, 1.54) is 19.3 Å². The average molecular weight is 251 g/mol. The Hall–Kier alpha value is -0.940. The van der Waals surface area contributed by atoms with Crippen LogP contribution in [0.5, 0.6) is 0 Å². The first-order valence-electron chi connectivity index (χ1n) is 7.16. The smallest absolute Gasteiger partial charge is 0.141 e. The van der Waals surface area contributed by atoms with Gasteiger partial charge in [-0.1, -0.05) is 13.3 Å². The van der Waals surface area contributed by atoms with Crippen LogP contribution in [0.25, 0.3) is 0 Å². The van der Waals surface area contributed by atoms with Crippen LogP contribution in [-0.4, -0.2) is 38.8 Å². The Balaban J connectivity index is 1.95. The molecular weight excluding hydrogens is 226 g/mol. The SMILES string of the molecule is CCCn1ncnc1CN(CCCN)C1CCC1. The zero-order chi connectivity index (χ0) is 12.8. The summed E-state index contributed by atoms with van der Waals surface area (Å²) in [5, 5.41) is 4.30. The monoisotopic (exact) mass is 251 g/mol. The van der Waals surface area contributed by atoms with Gasteiger partial charge in [-0.2, -0.15) is 5.10 Å². The molecular formula is C13H25N5. The molecule has 18 heavy (non-hydrogen) atoms. The Morgan fingerprint density at radius 3 is 2.94 bits per heavy atom. The molecule has 0 atom stereocenters. The van der Waals surface area contributed by atoms with Crippen LogP contribution in [-0.2, 0) is 13.1 Å². The maximum Gasteiger partial charge on any atom is 0.141 e. The first-order chi connectivity index (χ1) is 8.85. The minimum absolute atomic E-state index is 0.739. The van der Waals surface area contributed by atoms with Gasteiger partial charge in [0.05, 0.1) is 6.54 Å². The zero-order valence-electron chi connectivity index (χ0n) is 11.4. The molecule has 0 saturated heterocycles. The highest BCUT2D eigenvalue weighted by Crippen LogP contribution is 2.26. The Morgan fingerprint density at radius 2 is 2.33 bits per heavy atom. The van der Waals surface area contributed by atoms with Crippen molar-refractivity contribution in [2.45, 2.75) is 58.2 Å². The lowest BCUT2D eigenvalue weighted by atomic mass is 9.91. The summed E-state index contributed by atoms with van der Waals surface area (Å²) in [7, 11) is 0. The molecule has 0 aliphatic heterocycles. The van der Waals surface area contributed by atoms with Gasteiger partial charge in [-0.05, 0) is 32.2 Å². The fourth-order valence-electron chi connectivity index (χ4n) is 2.43. The van der Waals surface area contributed by atoms with Gasteiger partial charge in [0.25, 0.3) is 0 Å². The summed E-state index contributed by atoms with van der Waals surface area (Å²) in [6.07, 6.45) is 7.86. The molecule has 0 unspecified atom stereocenters. The summed E-state index contributed by atoms with van der Waals surface area (Å²) in [6, 6.07) is 0.739. The Morgan fingerprint density at radius 1 is 1.50 bits per heavy atom. The molecule has 1 aromatic heterocycles. The van der Waals surface area contributed by atoms with Crippen LogP contribution >= 0.6 is 0 Å². The van der Waals surface area contributed by atoms with E-state index in [1.807, 2.05) is 4.68 Å². The van der Waals surface area contributed by atoms with Gasteiger partial charge in [0.2, 0.25) is 0 Å². The average Bonchev–Trinajstić information content (AvgIpc) is 2.72. The first kappa shape index (κ1) is 13.5. The molecule has 5 heteroatoms. The minimum Gasteiger partial charge on any atom is -0.330 e. The molecule has 0 radical (unpaired) electrons. The lowest BCUT2D eigenvalue weighted by molar-refractivity contribution is 0.114. The number of nitrogens with two attached hydrogens (primary N) is 1. The Kier molecular flexibility index (Phi) is 5.13. The molecule has 1 aliphatic carbocycles. The summed E-state index contributed by atoms with van der Waals surface area (Å²) in [4.78, 5) is 6.94. The van der Waals surface area contributed by atoms with Crippen molar-refractivity contribution in [2.75, 3.05) is 13.1 Å². The van der Waals surface area contributed by atoms with Gasteiger partial charge in [0, 0.05) is 19.1 Å². The molecule has 2 N–H and O–H groups in total. The van der Waals surface area contributed by atoms with E-state index in [9.17, 15) is 0 Å². The van der Waals surface area contributed by atoms with E-state index >= 15 is 0 Å². The second-order valence-electron chi connectivity index (χ2n) is 5.10. The fraction of sp³-hybridized carbons (Fsp3) is 0.846. The second kappa shape index (κ2) is 6.85. The second-order valence-corrected chi connectivity index (χ2v) is 5.10. The molecule has 1 saturated carbocycles. The quantitative estimate of drug-likeness (QED) is 0.758. The summed E-state index contributed by atoms with van der Waals surface area (Å²) < 4.78 is 2.04. The molecule has 1 aromatic rings. The molecule has 0 aromatic carbocycles. The Labute approximate surface area is 109 Å². The van der Waals surface area contributed by atoms with E-state index in [1.54, 1.807) is 6.33 Å². The van der Waals surface area contributed by atoms with E-state index in [0.29, 0.717) is 0 Å². The van der Waals surface area contributed by atoms with E-state index in [0.717, 1.165) is 50.9 Å². The van der Waals surface area contributed by atoms with Crippen LogP contribution in [0.15, 0.2) is 6.33 Å². The van der Waals surface area contributed by atoms with Gasteiger partial charge in [-0.25, -0.2) is 9.67 Å². The van der Waals surface area contributed by atoms with Crippen molar-refractivity contribution in [1.29, 1.82) is 0 Å². The van der Waals surface area contributed by atoms with Crippen molar-refractivity contribution >= 4 is 0 Å². The van der Waals surface area contributed by atoms with Gasteiger partial charge in [-0.3, -0.25) is 4.90 Å². The fourth-order valence-corrected chi connectivity index (χ4v) is 2.43. The number of rotatable bonds is 8. The molecule has 0 spiro atoms. The van der Waals surface area contributed by atoms with Crippen molar-refractivity contribution in [1.82, 2.24) is 19.7 Å². The van der Waals surface area contributed by atoms with Gasteiger partial charge < -0.3 is 5.73 Å². The van der Waals surface area contributed by atoms with Crippen LogP contribution < -0.4 is 5.73 Å². The molecule has 0 amide bonds. The molecule has 2 rings (SSSR count). The summed E-state index contributed by atoms with van der Waals surface area (Å²) >= 11 is 0. The van der Waals surface area contributed by atoms with Gasteiger partial charge in [-0.15, -0.1) is 0 Å². The number of aromatic nitrogens is 3. The maximum atomic E-state index is 5.63. The largest absolute Gasteiger partial charge is 0.330 e. The third kappa shape index (κ3) is 3.29. The lowest BCUT2D eigenvalue weighted by Gasteiger charge is -2.37. The number of aryl methyl sites for hydroxylation is 1. The van der Waals surface area contributed by atoms with Gasteiger partial charge in [0.1, 0.15) is 12.2 Å². The standard InChI is InChI=1S/C13H25N5/c1-2-8-18-13(15-11-16-18)10-17(9-4-7-14)12-5-3-6-12/h11-12H,2-10,14H2,1H3. The van der Waals surface area contributed by atoms with Crippen molar-refractivity contribution in [3.05, 3.63) is 12.2 Å². The van der Waals surface area contributed by atoms with Crippen molar-refractivity contribution in [3.8, 4) is 0 Å². The highest BCUT2D eigenvalue weighted by Gasteiger charge is 2.25. The number of hydrogen-bond acceptors (Lipinski definition) is 4. The summed E-state index contributed by atoms with van der Waals surface area (Å²) in [5.74, 6) is 1.10. The normalized spacial score (nSPS) is 16.2. The molecule has 5 nitrogen and oxygen atoms in total. The predicted octanol–water partition coefficient (Wildman–Crippen LogP) is 1.39. The summed E-state index contributed by atoms with van der Waals surface area (Å²) in [6.45, 7) is 5.91. The summed E-state index contributed by atoms with van der Waals surface area (Å²) in [5.41, 5.74) is 5.63. The third-order valence-corrected chi connectivity index (χ3v) is 3.72. The molecule has 102 valence electrons. The van der Waals surface area contributed by atoms with Crippen molar-refractivity contribution in [2.24, 2.45) is 5.73 Å². The molecule has 1 fully saturated rings. The number of nitrogens with zero attached hydrogens (tertiary/aromatic N) is 4. The predicted molar refractivity (Wildman–Crippen MR) is 72.0 cm³/mol. The van der Waals surface area contributed by atoms with Crippen LogP contribution in [0.1, 0.15) is 44.9 Å². The van der Waals surface area contributed by atoms with E-state index in [4.69, 9.17) is 5.73 Å². The highest BCUT2D eigenvalue weighted by molar-refractivity contribution is 4.89. The highest BCUT2D eigenvalue weighted by atomic mass is 15.3. The molecule has 0 bridgehead atoms. The van der Waals surface area contributed by atoms with E-state index in [-0.39, 0.29) is 0 Å². The third-order valence-electron chi connectivity index (χ3n) is 3.72. The van der Waals surface area contributed by atoms with Crippen molar-refractivity contribution < 1.29 is 0 Å². The minimum atomic E-state index is 0.739. The maximum absolute atomic E-state index is 5.63. The topological polar surface area (TPSA) is 60.0 Å². The number of hydrogen-bond donors (Lipinski definition) is 1. The van der Waals surface area contributed by atoms with Gasteiger partial charge >= 0.3 is 0 Å². The van der Waals surface area contributed by atoms with E-state index in [2.05, 4.69) is 21.9 Å². The van der Waals surface area contributed by atoms with Crippen LogP contribution in [0, 0.1) is 0 Å². The van der Waals surface area contributed by atoms with E-state index < -0.39 is 0 Å². The lowest BCUT2D eigenvalue weighted by Crippen LogP contribution is -2.41. The zero-order valence-corrected chi connectivity index (χ0v) is 11.4. The molecule has 1 heterocycles.